The zero-order chi connectivity index (χ0) is 21.6. The average Bonchev–Trinajstić information content (AvgIpc) is 3.39. The van der Waals surface area contributed by atoms with Crippen LogP contribution in [-0.4, -0.2) is 42.8 Å². The molecule has 10 nitrogen and oxygen atoms in total. The minimum absolute atomic E-state index is 0.0272. The summed E-state index contributed by atoms with van der Waals surface area (Å²) in [6.45, 7) is 3.39. The maximum Gasteiger partial charge on any atom is 0.310 e. The average molecular weight is 435 g/mol. The summed E-state index contributed by atoms with van der Waals surface area (Å²) < 4.78 is 38.0. The van der Waals surface area contributed by atoms with Gasteiger partial charge in [0.1, 0.15) is 0 Å². The number of aliphatic carboxylic acids is 1. The van der Waals surface area contributed by atoms with Gasteiger partial charge in [-0.05, 0) is 51.0 Å². The van der Waals surface area contributed by atoms with Crippen molar-refractivity contribution in [1.82, 2.24) is 5.16 Å². The van der Waals surface area contributed by atoms with Crippen molar-refractivity contribution in [2.24, 2.45) is 11.8 Å². The number of aryl methyl sites for hydroxylation is 1. The first-order chi connectivity index (χ1) is 14.2. The number of rotatable bonds is 6. The fourth-order valence-corrected chi connectivity index (χ4v) is 5.01. The third kappa shape index (κ3) is 3.54. The van der Waals surface area contributed by atoms with Crippen molar-refractivity contribution in [2.45, 2.75) is 43.8 Å². The number of nitrogens with one attached hydrogen (secondary N) is 2. The monoisotopic (exact) mass is 435 g/mol. The number of ether oxygens (including phenoxy) is 1. The van der Waals surface area contributed by atoms with E-state index in [1.165, 1.54) is 24.3 Å². The van der Waals surface area contributed by atoms with E-state index in [4.69, 9.17) is 9.26 Å². The van der Waals surface area contributed by atoms with Gasteiger partial charge in [0.15, 0.2) is 0 Å². The Labute approximate surface area is 172 Å². The number of sulfonamides is 1. The summed E-state index contributed by atoms with van der Waals surface area (Å²) in [7, 11) is -3.90. The Morgan fingerprint density at radius 2 is 1.73 bits per heavy atom. The number of carbonyl (C=O) groups is 2. The zero-order valence-electron chi connectivity index (χ0n) is 16.3. The molecule has 0 unspecified atom stereocenters. The van der Waals surface area contributed by atoms with Crippen LogP contribution in [0.25, 0.3) is 0 Å². The molecule has 1 aromatic heterocycles. The third-order valence-electron chi connectivity index (χ3n) is 5.68. The molecule has 4 atom stereocenters. The van der Waals surface area contributed by atoms with E-state index in [0.29, 0.717) is 29.8 Å². The summed E-state index contributed by atoms with van der Waals surface area (Å²) in [5, 5.41) is 15.8. The maximum atomic E-state index is 12.7. The van der Waals surface area contributed by atoms with E-state index in [9.17, 15) is 23.1 Å². The number of hydrogen-bond acceptors (Lipinski definition) is 7. The van der Waals surface area contributed by atoms with Gasteiger partial charge in [-0.15, -0.1) is 0 Å². The molecule has 4 rings (SSSR count). The fourth-order valence-electron chi connectivity index (χ4n) is 3.96. The molecule has 11 heteroatoms. The van der Waals surface area contributed by atoms with Gasteiger partial charge in [0, 0.05) is 11.3 Å². The van der Waals surface area contributed by atoms with Crippen LogP contribution in [0, 0.1) is 25.7 Å². The minimum Gasteiger partial charge on any atom is -0.481 e. The number of nitrogens with zero attached hydrogens (tertiary/aromatic N) is 1. The third-order valence-corrected chi connectivity index (χ3v) is 7.02. The number of amides is 1. The summed E-state index contributed by atoms with van der Waals surface area (Å²) >= 11 is 0. The summed E-state index contributed by atoms with van der Waals surface area (Å²) in [5.74, 6) is -3.10. The number of fused-ring (bicyclic) bond motifs is 2. The van der Waals surface area contributed by atoms with Crippen LogP contribution in [0.2, 0.25) is 0 Å². The number of carbonyl (C=O) groups excluding carboxylic acids is 1. The van der Waals surface area contributed by atoms with Crippen molar-refractivity contribution in [3.05, 3.63) is 35.5 Å². The lowest BCUT2D eigenvalue weighted by Gasteiger charge is -2.23. The van der Waals surface area contributed by atoms with Gasteiger partial charge in [-0.25, -0.2) is 13.1 Å². The molecule has 2 aliphatic heterocycles. The van der Waals surface area contributed by atoms with Gasteiger partial charge in [-0.2, -0.15) is 0 Å². The van der Waals surface area contributed by atoms with Gasteiger partial charge in [0.25, 0.3) is 10.0 Å². The summed E-state index contributed by atoms with van der Waals surface area (Å²) in [5.41, 5.74) is 1.52. The van der Waals surface area contributed by atoms with Gasteiger partial charge in [-0.3, -0.25) is 9.59 Å². The molecule has 1 amide bonds. The highest BCUT2D eigenvalue weighted by atomic mass is 32.2. The molecule has 0 aliphatic carbocycles. The van der Waals surface area contributed by atoms with Crippen molar-refractivity contribution >= 4 is 33.5 Å². The number of aromatic nitrogens is 1. The van der Waals surface area contributed by atoms with E-state index < -0.39 is 45.9 Å². The highest BCUT2D eigenvalue weighted by Gasteiger charge is 2.55. The minimum atomic E-state index is -3.90. The van der Waals surface area contributed by atoms with Crippen LogP contribution in [0.4, 0.5) is 11.6 Å². The van der Waals surface area contributed by atoms with E-state index in [1.807, 2.05) is 0 Å². The molecule has 2 bridgehead atoms. The van der Waals surface area contributed by atoms with Crippen molar-refractivity contribution in [3.8, 4) is 0 Å². The van der Waals surface area contributed by atoms with Gasteiger partial charge >= 0.3 is 5.97 Å². The van der Waals surface area contributed by atoms with Crippen LogP contribution in [0.5, 0.6) is 0 Å². The van der Waals surface area contributed by atoms with Gasteiger partial charge in [0.05, 0.1) is 34.6 Å². The maximum absolute atomic E-state index is 12.7. The molecular formula is C19H21N3O7S. The molecule has 0 radical (unpaired) electrons. The lowest BCUT2D eigenvalue weighted by Crippen LogP contribution is -2.40. The number of benzene rings is 1. The van der Waals surface area contributed by atoms with E-state index in [0.717, 1.165) is 0 Å². The number of carboxylic acid groups (broad SMARTS) is 1. The van der Waals surface area contributed by atoms with Gasteiger partial charge in [0.2, 0.25) is 11.8 Å². The number of anilines is 2. The normalized spacial score (nSPS) is 25.3. The second-order valence-electron chi connectivity index (χ2n) is 7.52. The molecule has 0 saturated carbocycles. The molecular weight excluding hydrogens is 414 g/mol. The summed E-state index contributed by atoms with van der Waals surface area (Å²) in [6.07, 6.45) is 0.434. The van der Waals surface area contributed by atoms with Crippen LogP contribution in [0.1, 0.15) is 24.1 Å². The molecule has 160 valence electrons. The Hall–Kier alpha value is -2.92. The fraction of sp³-hybridized carbons (Fsp3) is 0.421. The Morgan fingerprint density at radius 3 is 2.30 bits per heavy atom. The molecule has 3 heterocycles. The predicted molar refractivity (Wildman–Crippen MR) is 104 cm³/mol. The summed E-state index contributed by atoms with van der Waals surface area (Å²) in [6, 6.07) is 5.55. The molecule has 3 N–H and O–H groups in total. The number of hydrogen-bond donors (Lipinski definition) is 3. The molecule has 0 spiro atoms. The SMILES string of the molecule is Cc1noc(NS(=O)(=O)c2ccc(NC(=O)[C@H]3[C@@H](C(=O)O)[C@H]4CC[C@@H]3O4)cc2)c1C. The summed E-state index contributed by atoms with van der Waals surface area (Å²) in [4.78, 5) is 24.2. The van der Waals surface area contributed by atoms with E-state index >= 15 is 0 Å². The lowest BCUT2D eigenvalue weighted by molar-refractivity contribution is -0.147. The number of carboxylic acids is 1. The Balaban J connectivity index is 1.46. The molecule has 2 aromatic rings. The van der Waals surface area contributed by atoms with E-state index in [2.05, 4.69) is 15.2 Å². The van der Waals surface area contributed by atoms with Crippen LogP contribution < -0.4 is 10.0 Å². The van der Waals surface area contributed by atoms with Crippen LogP contribution in [0.15, 0.2) is 33.7 Å². The van der Waals surface area contributed by atoms with Crippen molar-refractivity contribution in [3.63, 3.8) is 0 Å². The van der Waals surface area contributed by atoms with E-state index in [1.54, 1.807) is 13.8 Å². The zero-order valence-corrected chi connectivity index (χ0v) is 17.1. The lowest BCUT2D eigenvalue weighted by atomic mass is 9.78. The second-order valence-corrected chi connectivity index (χ2v) is 9.20. The van der Waals surface area contributed by atoms with Crippen molar-refractivity contribution in [2.75, 3.05) is 10.0 Å². The van der Waals surface area contributed by atoms with Gasteiger partial charge in [-0.1, -0.05) is 5.16 Å². The first kappa shape index (κ1) is 20.4. The topological polar surface area (TPSA) is 148 Å². The standard InChI is InChI=1S/C19H21N3O7S/c1-9-10(2)21-29-18(9)22-30(26,27)12-5-3-11(4-6-12)20-17(23)15-13-7-8-14(28-13)16(15)19(24)25/h3-6,13-16,22H,7-8H2,1-2H3,(H,20,23)(H,24,25)/t13-,14+,15+,16-/m0/s1. The van der Waals surface area contributed by atoms with Gasteiger partial charge < -0.3 is 19.7 Å². The Bertz CT molecular complexity index is 1090. The Morgan fingerprint density at radius 1 is 1.10 bits per heavy atom. The molecule has 30 heavy (non-hydrogen) atoms. The largest absolute Gasteiger partial charge is 0.481 e. The molecule has 1 aromatic carbocycles. The highest BCUT2D eigenvalue weighted by Crippen LogP contribution is 2.44. The van der Waals surface area contributed by atoms with Crippen molar-refractivity contribution < 1.29 is 32.4 Å². The highest BCUT2D eigenvalue weighted by molar-refractivity contribution is 7.92. The molecule has 2 saturated heterocycles. The second kappa shape index (κ2) is 7.40. The van der Waals surface area contributed by atoms with Crippen LogP contribution >= 0.6 is 0 Å². The first-order valence-corrected chi connectivity index (χ1v) is 10.9. The van der Waals surface area contributed by atoms with Crippen LogP contribution in [-0.2, 0) is 24.3 Å². The molecule has 2 fully saturated rings. The smallest absolute Gasteiger partial charge is 0.310 e. The van der Waals surface area contributed by atoms with Crippen molar-refractivity contribution in [1.29, 1.82) is 0 Å². The first-order valence-electron chi connectivity index (χ1n) is 9.42. The molecule has 2 aliphatic rings. The van der Waals surface area contributed by atoms with Crippen LogP contribution in [0.3, 0.4) is 0 Å². The van der Waals surface area contributed by atoms with E-state index in [-0.39, 0.29) is 10.8 Å². The quantitative estimate of drug-likeness (QED) is 0.623. The predicted octanol–water partition coefficient (Wildman–Crippen LogP) is 1.91. The Kier molecular flexibility index (Phi) is 5.02.